The monoisotopic (exact) mass is 353 g/mol. The fourth-order valence-electron chi connectivity index (χ4n) is 2.64. The third-order valence-electron chi connectivity index (χ3n) is 4.33. The lowest BCUT2D eigenvalue weighted by atomic mass is 10.1. The highest BCUT2D eigenvalue weighted by molar-refractivity contribution is 5.92. The topological polar surface area (TPSA) is 74.0 Å². The third-order valence-corrected chi connectivity index (χ3v) is 4.33. The summed E-state index contributed by atoms with van der Waals surface area (Å²) < 4.78 is 9.16. The van der Waals surface area contributed by atoms with E-state index < -0.39 is 0 Å². The number of nitrogens with zero attached hydrogens (tertiary/aromatic N) is 4. The van der Waals surface area contributed by atoms with Crippen LogP contribution in [0.5, 0.6) is 5.75 Å². The van der Waals surface area contributed by atoms with Crippen molar-refractivity contribution in [2.75, 3.05) is 0 Å². The normalized spacial score (nSPS) is 10.8. The molecule has 0 aliphatic carbocycles. The van der Waals surface area contributed by atoms with Crippen LogP contribution in [0.25, 0.3) is 0 Å². The minimum atomic E-state index is -0.224. The molecule has 0 bridgehead atoms. The highest BCUT2D eigenvalue weighted by Gasteiger charge is 2.11. The molecule has 0 saturated carbocycles. The lowest BCUT2D eigenvalue weighted by Gasteiger charge is -2.09. The van der Waals surface area contributed by atoms with Gasteiger partial charge in [-0.25, -0.2) is 4.68 Å². The number of hydrogen-bond donors (Lipinski definition) is 1. The number of aryl methyl sites for hydroxylation is 3. The second-order valence-electron chi connectivity index (χ2n) is 6.34. The number of amides is 1. The van der Waals surface area contributed by atoms with Gasteiger partial charge in [-0.3, -0.25) is 9.48 Å². The molecule has 0 aliphatic rings. The number of carbonyl (C=O) groups excluding carboxylic acids is 1. The highest BCUT2D eigenvalue weighted by atomic mass is 16.5. The first-order valence-corrected chi connectivity index (χ1v) is 8.43. The molecule has 0 saturated heterocycles. The highest BCUT2D eigenvalue weighted by Crippen LogP contribution is 2.19. The molecule has 1 aromatic carbocycles. The summed E-state index contributed by atoms with van der Waals surface area (Å²) in [7, 11) is 1.87. The molecule has 3 rings (SSSR count). The maximum Gasteiger partial charge on any atom is 0.272 e. The van der Waals surface area contributed by atoms with Crippen LogP contribution < -0.4 is 10.1 Å². The van der Waals surface area contributed by atoms with Gasteiger partial charge in [0.25, 0.3) is 5.91 Å². The number of carbonyl (C=O) groups is 1. The summed E-state index contributed by atoms with van der Waals surface area (Å²) in [6.07, 6.45) is 3.49. The first-order chi connectivity index (χ1) is 12.4. The summed E-state index contributed by atoms with van der Waals surface area (Å²) >= 11 is 0. The average Bonchev–Trinajstić information content (AvgIpc) is 3.20. The van der Waals surface area contributed by atoms with E-state index in [0.717, 1.165) is 22.6 Å². The second kappa shape index (κ2) is 7.43. The minimum Gasteiger partial charge on any atom is -0.471 e. The van der Waals surface area contributed by atoms with Crippen molar-refractivity contribution in [1.82, 2.24) is 24.9 Å². The van der Waals surface area contributed by atoms with Gasteiger partial charge in [0, 0.05) is 31.0 Å². The summed E-state index contributed by atoms with van der Waals surface area (Å²) in [5.74, 6) is 0.586. The van der Waals surface area contributed by atoms with E-state index >= 15 is 0 Å². The van der Waals surface area contributed by atoms with E-state index in [1.54, 1.807) is 27.8 Å². The quantitative estimate of drug-likeness (QED) is 0.739. The zero-order valence-corrected chi connectivity index (χ0v) is 15.5. The Hall–Kier alpha value is -3.09. The Morgan fingerprint density at radius 2 is 2.04 bits per heavy atom. The summed E-state index contributed by atoms with van der Waals surface area (Å²) in [5, 5.41) is 11.3. The Morgan fingerprint density at radius 1 is 1.23 bits per heavy atom. The number of aromatic nitrogens is 4. The zero-order chi connectivity index (χ0) is 18.7. The molecule has 7 nitrogen and oxygen atoms in total. The predicted molar refractivity (Wildman–Crippen MR) is 97.9 cm³/mol. The molecule has 0 aliphatic heterocycles. The minimum absolute atomic E-state index is 0.224. The van der Waals surface area contributed by atoms with Crippen molar-refractivity contribution >= 4 is 5.91 Å². The first-order valence-electron chi connectivity index (χ1n) is 8.43. The van der Waals surface area contributed by atoms with Crippen molar-refractivity contribution in [1.29, 1.82) is 0 Å². The van der Waals surface area contributed by atoms with Gasteiger partial charge >= 0.3 is 0 Å². The van der Waals surface area contributed by atoms with E-state index in [1.165, 1.54) is 5.56 Å². The van der Waals surface area contributed by atoms with Crippen LogP contribution in [-0.2, 0) is 20.3 Å². The molecule has 0 atom stereocenters. The molecule has 1 amide bonds. The van der Waals surface area contributed by atoms with Crippen LogP contribution in [0, 0.1) is 20.8 Å². The summed E-state index contributed by atoms with van der Waals surface area (Å²) in [6.45, 7) is 6.68. The van der Waals surface area contributed by atoms with E-state index in [4.69, 9.17) is 4.74 Å². The van der Waals surface area contributed by atoms with Crippen molar-refractivity contribution in [2.45, 2.75) is 34.0 Å². The van der Waals surface area contributed by atoms with Gasteiger partial charge in [-0.2, -0.15) is 10.2 Å². The molecule has 2 heterocycles. The number of hydrogen-bond acceptors (Lipinski definition) is 4. The molecular formula is C19H23N5O2. The van der Waals surface area contributed by atoms with Gasteiger partial charge in [0.15, 0.2) is 6.73 Å². The molecule has 2 aromatic heterocycles. The Labute approximate surface area is 152 Å². The van der Waals surface area contributed by atoms with E-state index in [9.17, 15) is 4.79 Å². The van der Waals surface area contributed by atoms with Gasteiger partial charge in [0.1, 0.15) is 11.4 Å². The van der Waals surface area contributed by atoms with Gasteiger partial charge in [-0.05, 0) is 38.5 Å². The van der Waals surface area contributed by atoms with Crippen molar-refractivity contribution in [3.05, 3.63) is 64.7 Å². The van der Waals surface area contributed by atoms with E-state index in [0.29, 0.717) is 12.2 Å². The molecule has 3 aromatic rings. The molecule has 0 fully saturated rings. The van der Waals surface area contributed by atoms with E-state index in [-0.39, 0.29) is 12.6 Å². The van der Waals surface area contributed by atoms with Gasteiger partial charge in [0.2, 0.25) is 0 Å². The molecule has 1 N–H and O–H groups in total. The Bertz CT molecular complexity index is 926. The molecule has 0 radical (unpaired) electrons. The van der Waals surface area contributed by atoms with Crippen molar-refractivity contribution in [2.24, 2.45) is 7.05 Å². The molecular weight excluding hydrogens is 330 g/mol. The number of benzene rings is 1. The van der Waals surface area contributed by atoms with Crippen molar-refractivity contribution in [3.8, 4) is 5.75 Å². The van der Waals surface area contributed by atoms with Gasteiger partial charge in [-0.1, -0.05) is 17.7 Å². The smallest absolute Gasteiger partial charge is 0.272 e. The summed E-state index contributed by atoms with van der Waals surface area (Å²) in [4.78, 5) is 12.3. The van der Waals surface area contributed by atoms with Crippen molar-refractivity contribution < 1.29 is 9.53 Å². The maximum atomic E-state index is 12.3. The zero-order valence-electron chi connectivity index (χ0n) is 15.5. The van der Waals surface area contributed by atoms with Gasteiger partial charge in [0.05, 0.1) is 6.20 Å². The summed E-state index contributed by atoms with van der Waals surface area (Å²) in [6, 6.07) is 7.69. The van der Waals surface area contributed by atoms with Gasteiger partial charge in [-0.15, -0.1) is 0 Å². The Balaban J connectivity index is 1.56. The SMILES string of the molecule is Cc1ccc(OCn2ccc(C(=O)NCc3cnn(C)c3C)n2)c(C)c1. The van der Waals surface area contributed by atoms with E-state index in [1.807, 2.05) is 40.0 Å². The standard InChI is InChI=1S/C19H23N5O2/c1-13-5-6-18(14(2)9-13)26-12-24-8-7-17(22-24)19(25)20-10-16-11-21-23(4)15(16)3/h5-9,11H,10,12H2,1-4H3,(H,20,25). The molecule has 136 valence electrons. The van der Waals surface area contributed by atoms with Crippen LogP contribution in [0.1, 0.15) is 32.9 Å². The fourth-order valence-corrected chi connectivity index (χ4v) is 2.64. The van der Waals surface area contributed by atoms with Crippen LogP contribution in [0.3, 0.4) is 0 Å². The third kappa shape index (κ3) is 3.93. The lowest BCUT2D eigenvalue weighted by Crippen LogP contribution is -2.24. The predicted octanol–water partition coefficient (Wildman–Crippen LogP) is 2.51. The summed E-state index contributed by atoms with van der Waals surface area (Å²) in [5.41, 5.74) is 4.63. The van der Waals surface area contributed by atoms with Crippen LogP contribution >= 0.6 is 0 Å². The van der Waals surface area contributed by atoms with Crippen molar-refractivity contribution in [3.63, 3.8) is 0 Å². The van der Waals surface area contributed by atoms with Crippen LogP contribution in [0.2, 0.25) is 0 Å². The molecule has 26 heavy (non-hydrogen) atoms. The Morgan fingerprint density at radius 3 is 2.73 bits per heavy atom. The van der Waals surface area contributed by atoms with Gasteiger partial charge < -0.3 is 10.1 Å². The van der Waals surface area contributed by atoms with Crippen LogP contribution in [-0.4, -0.2) is 25.5 Å². The second-order valence-corrected chi connectivity index (χ2v) is 6.34. The molecule has 0 unspecified atom stereocenters. The van der Waals surface area contributed by atoms with E-state index in [2.05, 4.69) is 21.6 Å². The largest absolute Gasteiger partial charge is 0.471 e. The van der Waals surface area contributed by atoms with Crippen LogP contribution in [0.4, 0.5) is 0 Å². The maximum absolute atomic E-state index is 12.3. The molecule has 0 spiro atoms. The first kappa shape index (κ1) is 17.7. The lowest BCUT2D eigenvalue weighted by molar-refractivity contribution is 0.0943. The fraction of sp³-hybridized carbons (Fsp3) is 0.316. The Kier molecular flexibility index (Phi) is 5.06. The molecule has 7 heteroatoms. The number of nitrogens with one attached hydrogen (secondary N) is 1. The number of rotatable bonds is 6. The average molecular weight is 353 g/mol. The number of ether oxygens (including phenoxy) is 1. The van der Waals surface area contributed by atoms with Crippen LogP contribution in [0.15, 0.2) is 36.7 Å².